The number of aromatic nitrogens is 1. The summed E-state index contributed by atoms with van der Waals surface area (Å²) in [4.78, 5) is 114. The number of piperazine rings is 2. The minimum absolute atomic E-state index is 0.0251. The average Bonchev–Trinajstić information content (AvgIpc) is 3.67. The van der Waals surface area contributed by atoms with Gasteiger partial charge in [-0.1, -0.05) is 72.7 Å². The number of hydrogen-bond donors (Lipinski definition) is 3. The summed E-state index contributed by atoms with van der Waals surface area (Å²) in [5.41, 5.74) is 0.670. The Hall–Kier alpha value is -6.54. The first-order valence-corrected chi connectivity index (χ1v) is 29.5. The van der Waals surface area contributed by atoms with Crippen molar-refractivity contribution in [3.05, 3.63) is 77.0 Å². The second kappa shape index (κ2) is 26.1. The highest BCUT2D eigenvalue weighted by molar-refractivity contribution is 6.01. The molecular formula is C61H88N10O10. The number of likely N-dealkylation sites (N-methyl/N-ethyl adjacent to an activating group) is 1. The van der Waals surface area contributed by atoms with Crippen LogP contribution in [0.2, 0.25) is 0 Å². The van der Waals surface area contributed by atoms with E-state index in [1.54, 1.807) is 58.3 Å². The monoisotopic (exact) mass is 1120 g/mol. The van der Waals surface area contributed by atoms with Crippen molar-refractivity contribution < 1.29 is 47.5 Å². The fourth-order valence-corrected chi connectivity index (χ4v) is 12.0. The summed E-state index contributed by atoms with van der Waals surface area (Å²) in [5, 5.41) is 8.76. The summed E-state index contributed by atoms with van der Waals surface area (Å²) in [6.07, 6.45) is 5.25. The Balaban J connectivity index is 0.866. The normalized spacial score (nSPS) is 20.2. The predicted octanol–water partition coefficient (Wildman–Crippen LogP) is 5.38. The number of likely N-dealkylation sites (tertiary alicyclic amines) is 2. The molecule has 2 aromatic carbocycles. The van der Waals surface area contributed by atoms with Gasteiger partial charge in [0, 0.05) is 76.9 Å². The van der Waals surface area contributed by atoms with Crippen molar-refractivity contribution in [2.24, 2.45) is 11.8 Å². The number of nitrogens with one attached hydrogen (secondary N) is 3. The predicted molar refractivity (Wildman–Crippen MR) is 305 cm³/mol. The molecular weight excluding hydrogens is 1030 g/mol. The first-order valence-electron chi connectivity index (χ1n) is 29.5. The van der Waals surface area contributed by atoms with Crippen LogP contribution in [0.15, 0.2) is 52.9 Å². The number of carbonyl (C=O) groups is 7. The average molecular weight is 1120 g/mol. The quantitative estimate of drug-likeness (QED) is 0.122. The molecule has 5 heterocycles. The molecule has 4 aliphatic heterocycles. The lowest BCUT2D eigenvalue weighted by atomic mass is 9.91. The fraction of sp³-hybridized carbons (Fsp3) is 0.639. The molecule has 7 amide bonds. The Morgan fingerprint density at radius 1 is 0.679 bits per heavy atom. The maximum Gasteiger partial charge on any atom is 0.258 e. The van der Waals surface area contributed by atoms with Crippen molar-refractivity contribution in [1.82, 2.24) is 50.3 Å². The van der Waals surface area contributed by atoms with Crippen LogP contribution < -0.4 is 25.4 Å². The van der Waals surface area contributed by atoms with Gasteiger partial charge in [-0.2, -0.15) is 0 Å². The van der Waals surface area contributed by atoms with Gasteiger partial charge in [-0.05, 0) is 108 Å². The Morgan fingerprint density at radius 3 is 1.73 bits per heavy atom. The molecule has 0 unspecified atom stereocenters. The van der Waals surface area contributed by atoms with Crippen LogP contribution in [0.1, 0.15) is 152 Å². The summed E-state index contributed by atoms with van der Waals surface area (Å²) in [6, 6.07) is 10.5. The molecule has 5 aliphatic rings. The van der Waals surface area contributed by atoms with E-state index in [1.165, 1.54) is 0 Å². The van der Waals surface area contributed by atoms with E-state index in [0.717, 1.165) is 38.0 Å². The van der Waals surface area contributed by atoms with E-state index in [1.807, 2.05) is 51.3 Å². The lowest BCUT2D eigenvalue weighted by molar-refractivity contribution is -0.148. The van der Waals surface area contributed by atoms with Crippen LogP contribution in [-0.2, 0) is 42.5 Å². The van der Waals surface area contributed by atoms with Crippen LogP contribution in [0.3, 0.4) is 0 Å². The van der Waals surface area contributed by atoms with Crippen molar-refractivity contribution in [3.63, 3.8) is 0 Å². The van der Waals surface area contributed by atoms with Gasteiger partial charge in [-0.3, -0.25) is 38.5 Å². The molecule has 20 heteroatoms. The number of oxazole rings is 1. The number of rotatable bonds is 21. The van der Waals surface area contributed by atoms with Crippen LogP contribution in [-0.4, -0.2) is 184 Å². The molecule has 1 aromatic heterocycles. The molecule has 1 saturated carbocycles. The summed E-state index contributed by atoms with van der Waals surface area (Å²) >= 11 is 0. The Morgan fingerprint density at radius 2 is 1.21 bits per heavy atom. The lowest BCUT2D eigenvalue weighted by Gasteiger charge is -2.43. The SMILES string of the molecule is CC(C)C[C@@H](NC(=O)c1ccccc1OCC(=O)NC(C)C)C(=O)N1CCC[C@@H]1C(=O)N1CCN(Cc2nc(COc3ccccc3C(=O)N[C@H](CC(C)C)C(=O)N3CCC[C@@H]3C(=O)N3CCN(C)CC34CC4)oc2C(C)(C)C)CC1. The van der Waals surface area contributed by atoms with Gasteiger partial charge in [0.25, 0.3) is 17.7 Å². The zero-order chi connectivity index (χ0) is 58.3. The second-order valence-corrected chi connectivity index (χ2v) is 25.2. The summed E-state index contributed by atoms with van der Waals surface area (Å²) in [6.45, 7) is 23.2. The minimum atomic E-state index is -0.885. The van der Waals surface area contributed by atoms with Gasteiger partial charge in [0.2, 0.25) is 29.5 Å². The van der Waals surface area contributed by atoms with Crippen molar-refractivity contribution >= 4 is 41.4 Å². The van der Waals surface area contributed by atoms with Crippen molar-refractivity contribution in [2.75, 3.05) is 72.6 Å². The molecule has 1 aliphatic carbocycles. The van der Waals surface area contributed by atoms with Crippen molar-refractivity contribution in [2.45, 2.75) is 168 Å². The molecule has 81 heavy (non-hydrogen) atoms. The maximum atomic E-state index is 14.4. The summed E-state index contributed by atoms with van der Waals surface area (Å²) in [7, 11) is 2.09. The first-order chi connectivity index (χ1) is 38.5. The van der Waals surface area contributed by atoms with Gasteiger partial charge in [0.05, 0.1) is 22.4 Å². The third-order valence-corrected chi connectivity index (χ3v) is 16.1. The molecule has 0 bridgehead atoms. The standard InChI is InChI=1S/C61H88N10O10/c1-39(2)33-44(64-54(73)42-17-11-13-21-49(42)79-36-51(72)62-41(5)6)56(75)69-25-15-19-47(69)58(77)68-30-28-67(29-31-68)35-46-53(60(7,8)9)81-52(63-46)37-80-50-22-14-12-18-43(50)55(74)65-45(34-40(3)4)57(76)70-26-16-20-48(70)59(78)71-32-27-66(10)38-61(71)23-24-61/h11-14,17-18,21-22,39-41,44-45,47-48H,15-16,19-20,23-38H2,1-10H3,(H,62,72)(H,64,73)(H,65,74)/t44-,45-,47-,48-/m1/s1. The fourth-order valence-electron chi connectivity index (χ4n) is 12.0. The minimum Gasteiger partial charge on any atom is -0.483 e. The van der Waals surface area contributed by atoms with Crippen LogP contribution in [0.25, 0.3) is 0 Å². The van der Waals surface area contributed by atoms with Crippen LogP contribution in [0, 0.1) is 11.8 Å². The molecule has 4 atom stereocenters. The van der Waals surface area contributed by atoms with E-state index >= 15 is 0 Å². The Bertz CT molecular complexity index is 2740. The number of nitrogens with zero attached hydrogens (tertiary/aromatic N) is 7. The highest BCUT2D eigenvalue weighted by Gasteiger charge is 2.55. The molecule has 4 saturated heterocycles. The van der Waals surface area contributed by atoms with Gasteiger partial charge < -0.3 is 54.3 Å². The number of carbonyl (C=O) groups excluding carboxylic acids is 7. The van der Waals surface area contributed by atoms with E-state index < -0.39 is 41.4 Å². The van der Waals surface area contributed by atoms with Crippen LogP contribution in [0.5, 0.6) is 11.5 Å². The number of para-hydroxylation sites is 2. The van der Waals surface area contributed by atoms with E-state index in [9.17, 15) is 33.6 Å². The molecule has 3 aromatic rings. The molecule has 5 fully saturated rings. The summed E-state index contributed by atoms with van der Waals surface area (Å²) < 4.78 is 18.5. The second-order valence-electron chi connectivity index (χ2n) is 25.2. The number of hydrogen-bond acceptors (Lipinski definition) is 13. The molecule has 3 N–H and O–H groups in total. The third-order valence-electron chi connectivity index (χ3n) is 16.1. The molecule has 8 rings (SSSR count). The Kier molecular flexibility index (Phi) is 19.5. The highest BCUT2D eigenvalue weighted by Crippen LogP contribution is 2.45. The largest absolute Gasteiger partial charge is 0.483 e. The summed E-state index contributed by atoms with van der Waals surface area (Å²) in [5.74, 6) is -0.180. The Labute approximate surface area is 478 Å². The number of ether oxygens (including phenoxy) is 2. The molecule has 0 radical (unpaired) electrons. The van der Waals surface area contributed by atoms with Crippen LogP contribution in [0.4, 0.5) is 0 Å². The smallest absolute Gasteiger partial charge is 0.258 e. The van der Waals surface area contributed by atoms with Gasteiger partial charge in [0.1, 0.15) is 41.4 Å². The topological polar surface area (TPSA) is 220 Å². The zero-order valence-corrected chi connectivity index (χ0v) is 49.5. The van der Waals surface area contributed by atoms with E-state index in [4.69, 9.17) is 18.9 Å². The van der Waals surface area contributed by atoms with Crippen molar-refractivity contribution in [1.29, 1.82) is 0 Å². The number of amides is 7. The molecule has 1 spiro atoms. The molecule has 20 nitrogen and oxygen atoms in total. The maximum absolute atomic E-state index is 14.4. The first kappa shape index (κ1) is 60.6. The van der Waals surface area contributed by atoms with Crippen LogP contribution >= 0.6 is 0 Å². The number of benzene rings is 2. The zero-order valence-electron chi connectivity index (χ0n) is 49.5. The van der Waals surface area contributed by atoms with E-state index in [2.05, 4.69) is 53.6 Å². The van der Waals surface area contributed by atoms with Crippen molar-refractivity contribution in [3.8, 4) is 11.5 Å². The van der Waals surface area contributed by atoms with Gasteiger partial charge in [-0.25, -0.2) is 4.98 Å². The van der Waals surface area contributed by atoms with Gasteiger partial charge >= 0.3 is 0 Å². The van der Waals surface area contributed by atoms with Gasteiger partial charge in [-0.15, -0.1) is 0 Å². The van der Waals surface area contributed by atoms with E-state index in [0.29, 0.717) is 102 Å². The van der Waals surface area contributed by atoms with Gasteiger partial charge in [0.15, 0.2) is 13.2 Å². The van der Waals surface area contributed by atoms with E-state index in [-0.39, 0.29) is 83.0 Å². The molecule has 442 valence electrons. The highest BCUT2D eigenvalue weighted by atomic mass is 16.5. The lowest BCUT2D eigenvalue weighted by Crippen LogP contribution is -2.61. The third kappa shape index (κ3) is 14.9.